The molecule has 1 saturated heterocycles. The van der Waals surface area contributed by atoms with Gasteiger partial charge in [-0.05, 0) is 25.3 Å². The number of aliphatic hydroxyl groups excluding tert-OH is 1. The molecule has 0 saturated carbocycles. The molecule has 0 aliphatic carbocycles. The molecule has 2 heterocycles. The van der Waals surface area contributed by atoms with Crippen LogP contribution in [0, 0.1) is 5.41 Å². The molecule has 1 aromatic heterocycles. The summed E-state index contributed by atoms with van der Waals surface area (Å²) in [6.07, 6.45) is 6.75. The van der Waals surface area contributed by atoms with Crippen LogP contribution in [-0.4, -0.2) is 45.2 Å². The fourth-order valence-corrected chi connectivity index (χ4v) is 3.12. The molecule has 6 heteroatoms. The van der Waals surface area contributed by atoms with E-state index in [2.05, 4.69) is 11.9 Å². The number of hydrogen-bond donors (Lipinski definition) is 1. The average Bonchev–Trinajstić information content (AvgIpc) is 2.50. The van der Waals surface area contributed by atoms with E-state index in [4.69, 9.17) is 0 Å². The number of aliphatic hydroxyl groups is 1. The average molecular weight is 293 g/mol. The highest BCUT2D eigenvalue weighted by atomic mass is 16.3. The lowest BCUT2D eigenvalue weighted by Gasteiger charge is -2.42. The summed E-state index contributed by atoms with van der Waals surface area (Å²) in [5, 5.41) is 9.70. The van der Waals surface area contributed by atoms with E-state index in [0.717, 1.165) is 25.7 Å². The summed E-state index contributed by atoms with van der Waals surface area (Å²) in [7, 11) is 0. The summed E-state index contributed by atoms with van der Waals surface area (Å²) in [6, 6.07) is 1.64. The molecule has 1 aliphatic heterocycles. The van der Waals surface area contributed by atoms with Crippen molar-refractivity contribution in [3.05, 3.63) is 28.9 Å². The quantitative estimate of drug-likeness (QED) is 0.864. The Bertz CT molecular complexity index is 539. The first-order valence-corrected chi connectivity index (χ1v) is 7.50. The van der Waals surface area contributed by atoms with E-state index in [1.54, 1.807) is 17.2 Å². The maximum Gasteiger partial charge on any atom is 0.347 e. The minimum Gasteiger partial charge on any atom is -0.396 e. The minimum absolute atomic E-state index is 0.0142. The Labute approximate surface area is 124 Å². The van der Waals surface area contributed by atoms with Gasteiger partial charge in [0.15, 0.2) is 0 Å². The second kappa shape index (κ2) is 6.85. The number of carbonyl (C=O) groups is 1. The summed E-state index contributed by atoms with van der Waals surface area (Å²) in [5.41, 5.74) is -0.590. The molecular formula is C15H23N3O3. The number of rotatable bonds is 5. The Morgan fingerprint density at radius 2 is 2.33 bits per heavy atom. The lowest BCUT2D eigenvalue weighted by Crippen LogP contribution is -2.49. The lowest BCUT2D eigenvalue weighted by molar-refractivity contribution is -0.136. The van der Waals surface area contributed by atoms with Crippen LogP contribution in [0.4, 0.5) is 0 Å². The third kappa shape index (κ3) is 3.69. The number of hydrogen-bond acceptors (Lipinski definition) is 4. The zero-order valence-electron chi connectivity index (χ0n) is 12.5. The van der Waals surface area contributed by atoms with Crippen LogP contribution in [0.25, 0.3) is 0 Å². The molecule has 2 rings (SSSR count). The van der Waals surface area contributed by atoms with Crippen LogP contribution in [0.1, 0.15) is 32.6 Å². The van der Waals surface area contributed by atoms with Crippen LogP contribution in [-0.2, 0) is 11.3 Å². The second-order valence-corrected chi connectivity index (χ2v) is 5.86. The zero-order chi connectivity index (χ0) is 15.3. The number of aromatic nitrogens is 2. The van der Waals surface area contributed by atoms with Crippen molar-refractivity contribution in [3.8, 4) is 0 Å². The molecule has 1 unspecified atom stereocenters. The van der Waals surface area contributed by atoms with E-state index < -0.39 is 5.69 Å². The van der Waals surface area contributed by atoms with Crippen LogP contribution < -0.4 is 5.69 Å². The molecule has 1 atom stereocenters. The highest BCUT2D eigenvalue weighted by Crippen LogP contribution is 2.34. The van der Waals surface area contributed by atoms with Gasteiger partial charge in [0.1, 0.15) is 6.54 Å². The largest absolute Gasteiger partial charge is 0.396 e. The topological polar surface area (TPSA) is 75.4 Å². The molecule has 21 heavy (non-hydrogen) atoms. The van der Waals surface area contributed by atoms with Crippen molar-refractivity contribution >= 4 is 5.91 Å². The van der Waals surface area contributed by atoms with Crippen molar-refractivity contribution in [3.63, 3.8) is 0 Å². The van der Waals surface area contributed by atoms with Gasteiger partial charge in [-0.25, -0.2) is 9.78 Å². The third-order valence-electron chi connectivity index (χ3n) is 4.22. The number of amides is 1. The van der Waals surface area contributed by atoms with Gasteiger partial charge < -0.3 is 10.0 Å². The molecule has 1 aromatic rings. The van der Waals surface area contributed by atoms with Gasteiger partial charge in [-0.3, -0.25) is 9.36 Å². The maximum atomic E-state index is 12.4. The first-order chi connectivity index (χ1) is 10.1. The Kier molecular flexibility index (Phi) is 5.12. The van der Waals surface area contributed by atoms with Crippen molar-refractivity contribution in [2.24, 2.45) is 5.41 Å². The van der Waals surface area contributed by atoms with E-state index >= 15 is 0 Å². The van der Waals surface area contributed by atoms with E-state index in [1.807, 2.05) is 0 Å². The van der Waals surface area contributed by atoms with Crippen molar-refractivity contribution in [2.45, 2.75) is 39.2 Å². The van der Waals surface area contributed by atoms with Crippen molar-refractivity contribution in [1.82, 2.24) is 14.5 Å². The smallest absolute Gasteiger partial charge is 0.347 e. The summed E-state index contributed by atoms with van der Waals surface area (Å²) in [5.74, 6) is -0.0845. The molecule has 0 radical (unpaired) electrons. The molecule has 1 fully saturated rings. The van der Waals surface area contributed by atoms with Gasteiger partial charge in [-0.15, -0.1) is 0 Å². The molecule has 0 aromatic carbocycles. The highest BCUT2D eigenvalue weighted by Gasteiger charge is 2.35. The lowest BCUT2D eigenvalue weighted by atomic mass is 9.77. The second-order valence-electron chi connectivity index (χ2n) is 5.86. The molecule has 0 spiro atoms. The Balaban J connectivity index is 2.05. The number of likely N-dealkylation sites (tertiary alicyclic amines) is 1. The molecule has 116 valence electrons. The highest BCUT2D eigenvalue weighted by molar-refractivity contribution is 5.76. The summed E-state index contributed by atoms with van der Waals surface area (Å²) < 4.78 is 1.32. The predicted octanol–water partition coefficient (Wildman–Crippen LogP) is 0.645. The van der Waals surface area contributed by atoms with E-state index in [1.165, 1.54) is 10.8 Å². The first-order valence-electron chi connectivity index (χ1n) is 7.50. The van der Waals surface area contributed by atoms with Crippen LogP contribution >= 0.6 is 0 Å². The zero-order valence-corrected chi connectivity index (χ0v) is 12.5. The van der Waals surface area contributed by atoms with Gasteiger partial charge in [-0.2, -0.15) is 0 Å². The normalized spacial score (nSPS) is 22.3. The number of carbonyl (C=O) groups excluding carboxylic acids is 1. The summed E-state index contributed by atoms with van der Waals surface area (Å²) in [6.45, 7) is 3.48. The van der Waals surface area contributed by atoms with Gasteiger partial charge in [0, 0.05) is 30.9 Å². The summed E-state index contributed by atoms with van der Waals surface area (Å²) in [4.78, 5) is 29.4. The number of nitrogens with zero attached hydrogens (tertiary/aromatic N) is 3. The van der Waals surface area contributed by atoms with Gasteiger partial charge in [0.25, 0.3) is 0 Å². The Morgan fingerprint density at radius 1 is 1.52 bits per heavy atom. The van der Waals surface area contributed by atoms with Crippen molar-refractivity contribution < 1.29 is 9.90 Å². The molecule has 0 bridgehead atoms. The predicted molar refractivity (Wildman–Crippen MR) is 78.7 cm³/mol. The van der Waals surface area contributed by atoms with Crippen LogP contribution in [0.5, 0.6) is 0 Å². The van der Waals surface area contributed by atoms with E-state index in [-0.39, 0.29) is 24.5 Å². The first kappa shape index (κ1) is 15.7. The Hall–Kier alpha value is -1.69. The van der Waals surface area contributed by atoms with Crippen LogP contribution in [0.2, 0.25) is 0 Å². The molecule has 1 amide bonds. The van der Waals surface area contributed by atoms with Gasteiger partial charge in [0.2, 0.25) is 5.91 Å². The van der Waals surface area contributed by atoms with Gasteiger partial charge in [0.05, 0.1) is 6.61 Å². The Morgan fingerprint density at radius 3 is 3.00 bits per heavy atom. The summed E-state index contributed by atoms with van der Waals surface area (Å²) >= 11 is 0. The van der Waals surface area contributed by atoms with Crippen LogP contribution in [0.3, 0.4) is 0 Å². The third-order valence-corrected chi connectivity index (χ3v) is 4.22. The monoisotopic (exact) mass is 293 g/mol. The maximum absolute atomic E-state index is 12.4. The van der Waals surface area contributed by atoms with Gasteiger partial charge >= 0.3 is 5.69 Å². The molecule has 1 N–H and O–H groups in total. The van der Waals surface area contributed by atoms with Gasteiger partial charge in [-0.1, -0.05) is 13.3 Å². The molecule has 6 nitrogen and oxygen atoms in total. The van der Waals surface area contributed by atoms with Crippen molar-refractivity contribution in [1.29, 1.82) is 0 Å². The number of piperidine rings is 1. The van der Waals surface area contributed by atoms with E-state index in [0.29, 0.717) is 13.1 Å². The van der Waals surface area contributed by atoms with E-state index in [9.17, 15) is 14.7 Å². The molecular weight excluding hydrogens is 270 g/mol. The standard InChI is InChI=1S/C15H23N3O3/c1-2-5-15(12-19)6-3-8-18(11-15)13(20)10-17-9-4-7-16-14(17)21/h4,7,9,19H,2-3,5-6,8,10-12H2,1H3. The fourth-order valence-electron chi connectivity index (χ4n) is 3.12. The SMILES string of the molecule is CCCC1(CO)CCCN(C(=O)Cn2cccnc2=O)C1. The fraction of sp³-hybridized carbons (Fsp3) is 0.667. The van der Waals surface area contributed by atoms with Crippen molar-refractivity contribution in [2.75, 3.05) is 19.7 Å². The molecule has 1 aliphatic rings. The minimum atomic E-state index is -0.412. The van der Waals surface area contributed by atoms with Crippen LogP contribution in [0.15, 0.2) is 23.3 Å².